The van der Waals surface area contributed by atoms with Crippen LogP contribution in [0.25, 0.3) is 0 Å². The molecule has 0 atom stereocenters. The Morgan fingerprint density at radius 2 is 1.70 bits per heavy atom. The monoisotopic (exact) mass is 418 g/mol. The average molecular weight is 418 g/mol. The van der Waals surface area contributed by atoms with Crippen molar-refractivity contribution in [1.29, 1.82) is 0 Å². The van der Waals surface area contributed by atoms with Gasteiger partial charge in [-0.15, -0.1) is 0 Å². The number of nitro groups is 1. The number of anilines is 1. The van der Waals surface area contributed by atoms with Gasteiger partial charge in [-0.3, -0.25) is 10.1 Å². The Hall–Kier alpha value is -3.91. The fraction of sp³-hybridized carbons (Fsp3) is 0.0455. The minimum absolute atomic E-state index is 0.0891. The number of carbonyl (C=O) groups is 1. The van der Waals surface area contributed by atoms with Crippen LogP contribution in [0.15, 0.2) is 78.9 Å². The number of nitro benzene ring substituents is 1. The van der Waals surface area contributed by atoms with Gasteiger partial charge in [-0.2, -0.15) is 4.58 Å². The number of carbonyl (C=O) groups excluding carboxylic acids is 1. The lowest BCUT2D eigenvalue weighted by molar-refractivity contribution is -0.385. The molecule has 148 valence electrons. The minimum atomic E-state index is -0.589. The second kappa shape index (κ2) is 8.22. The lowest BCUT2D eigenvalue weighted by Gasteiger charge is -2.09. The molecule has 0 amide bonds. The Kier molecular flexibility index (Phi) is 5.32. The summed E-state index contributed by atoms with van der Waals surface area (Å²) in [6, 6.07) is 22.6. The fourth-order valence-electron chi connectivity index (χ4n) is 3.15. The first kappa shape index (κ1) is 19.4. The standard InChI is InChI=1S/C22H15N3O4S/c26-21(29-14-15-7-3-1-4-8-15)20(16-9-5-2-6-10-16)24-19-13-17(25(27)28)11-12-18(19)23-22(24)30/h1-13H,14H2/p+1. The number of esters is 1. The van der Waals surface area contributed by atoms with Gasteiger partial charge in [-0.1, -0.05) is 60.7 Å². The molecular formula is C22H16N3O4S+. The highest BCUT2D eigenvalue weighted by molar-refractivity contribution is 7.80. The molecule has 7 nitrogen and oxygen atoms in total. The smallest absolute Gasteiger partial charge is 0.379 e. The van der Waals surface area contributed by atoms with Crippen molar-refractivity contribution in [3.63, 3.8) is 0 Å². The molecule has 8 heteroatoms. The Morgan fingerprint density at radius 1 is 1.03 bits per heavy atom. The fourth-order valence-corrected chi connectivity index (χ4v) is 3.45. The normalized spacial score (nSPS) is 13.9. The van der Waals surface area contributed by atoms with Crippen LogP contribution in [0.4, 0.5) is 17.1 Å². The molecule has 0 radical (unpaired) electrons. The summed E-state index contributed by atoms with van der Waals surface area (Å²) in [4.78, 5) is 23.9. The Bertz CT molecular complexity index is 1180. The third-order valence-electron chi connectivity index (χ3n) is 4.55. The molecule has 1 aliphatic heterocycles. The molecule has 1 heterocycles. The van der Waals surface area contributed by atoms with E-state index in [9.17, 15) is 14.9 Å². The summed E-state index contributed by atoms with van der Waals surface area (Å²) in [5, 5.41) is 14.5. The van der Waals surface area contributed by atoms with E-state index in [1.54, 1.807) is 30.3 Å². The molecule has 0 saturated carbocycles. The second-order valence-corrected chi connectivity index (χ2v) is 6.89. The highest BCUT2D eigenvalue weighted by Crippen LogP contribution is 2.35. The number of hydrogen-bond donors (Lipinski definition) is 1. The summed E-state index contributed by atoms with van der Waals surface area (Å²) >= 11 is 5.44. The summed E-state index contributed by atoms with van der Waals surface area (Å²) in [7, 11) is 0. The first-order chi connectivity index (χ1) is 14.5. The number of non-ortho nitro benzene ring substituents is 1. The lowest BCUT2D eigenvalue weighted by Crippen LogP contribution is -2.31. The summed E-state index contributed by atoms with van der Waals surface area (Å²) < 4.78 is 7.05. The molecule has 0 saturated heterocycles. The summed E-state index contributed by atoms with van der Waals surface area (Å²) in [5.74, 6) is -0.589. The van der Waals surface area contributed by atoms with E-state index in [-0.39, 0.29) is 23.1 Å². The van der Waals surface area contributed by atoms with E-state index in [4.69, 9.17) is 17.0 Å². The molecule has 4 rings (SSSR count). The van der Waals surface area contributed by atoms with Crippen LogP contribution in [0.2, 0.25) is 0 Å². The second-order valence-electron chi connectivity index (χ2n) is 6.50. The molecule has 30 heavy (non-hydrogen) atoms. The molecule has 3 aromatic rings. The van der Waals surface area contributed by atoms with Crippen LogP contribution in [-0.4, -0.2) is 26.3 Å². The molecule has 3 aromatic carbocycles. The van der Waals surface area contributed by atoms with E-state index in [2.05, 4.69) is 5.32 Å². The molecule has 0 bridgehead atoms. The Morgan fingerprint density at radius 3 is 2.37 bits per heavy atom. The van der Waals surface area contributed by atoms with E-state index < -0.39 is 10.9 Å². The predicted molar refractivity (Wildman–Crippen MR) is 116 cm³/mol. The zero-order valence-electron chi connectivity index (χ0n) is 15.6. The van der Waals surface area contributed by atoms with Gasteiger partial charge in [0.05, 0.1) is 11.0 Å². The van der Waals surface area contributed by atoms with Gasteiger partial charge in [0.15, 0.2) is 11.4 Å². The van der Waals surface area contributed by atoms with Crippen molar-refractivity contribution in [3.05, 3.63) is 100 Å². The van der Waals surface area contributed by atoms with Crippen molar-refractivity contribution < 1.29 is 19.0 Å². The maximum atomic E-state index is 13.2. The molecule has 0 fully saturated rings. The molecule has 0 unspecified atom stereocenters. The van der Waals surface area contributed by atoms with Gasteiger partial charge in [0.2, 0.25) is 5.71 Å². The SMILES string of the molecule is O=C(OCc1ccccc1)/C(c1ccccc1)=[N+]1\C(=S)Nc2ccc([N+](=O)[O-])cc21. The number of thiocarbonyl (C=S) groups is 1. The van der Waals surface area contributed by atoms with Crippen molar-refractivity contribution >= 4 is 46.1 Å². The molecule has 0 aromatic heterocycles. The van der Waals surface area contributed by atoms with E-state index in [1.165, 1.54) is 16.7 Å². The maximum absolute atomic E-state index is 13.2. The number of ether oxygens (including phenoxy) is 1. The van der Waals surface area contributed by atoms with Gasteiger partial charge in [-0.05, 0) is 11.6 Å². The number of nitrogens with one attached hydrogen (secondary N) is 1. The Balaban J connectivity index is 1.81. The topological polar surface area (TPSA) is 84.5 Å². The van der Waals surface area contributed by atoms with Crippen LogP contribution >= 0.6 is 12.2 Å². The van der Waals surface area contributed by atoms with Crippen LogP contribution in [0.3, 0.4) is 0 Å². The first-order valence-corrected chi connectivity index (χ1v) is 9.48. The number of fused-ring (bicyclic) bond motifs is 1. The zero-order chi connectivity index (χ0) is 21.1. The quantitative estimate of drug-likeness (QED) is 0.220. The molecule has 1 N–H and O–H groups in total. The number of benzene rings is 3. The molecule has 0 aliphatic carbocycles. The minimum Gasteiger partial charge on any atom is -0.455 e. The van der Waals surface area contributed by atoms with Crippen LogP contribution in [0.5, 0.6) is 0 Å². The lowest BCUT2D eigenvalue weighted by atomic mass is 10.1. The third kappa shape index (κ3) is 3.81. The first-order valence-electron chi connectivity index (χ1n) is 9.07. The van der Waals surface area contributed by atoms with Crippen LogP contribution in [0.1, 0.15) is 11.1 Å². The molecular weight excluding hydrogens is 402 g/mol. The van der Waals surface area contributed by atoms with Gasteiger partial charge in [-0.25, -0.2) is 10.1 Å². The van der Waals surface area contributed by atoms with E-state index >= 15 is 0 Å². The highest BCUT2D eigenvalue weighted by Gasteiger charge is 2.37. The average Bonchev–Trinajstić information content (AvgIpc) is 3.09. The van der Waals surface area contributed by atoms with Gasteiger partial charge in [0.25, 0.3) is 5.69 Å². The van der Waals surface area contributed by atoms with Crippen LogP contribution in [0, 0.1) is 10.1 Å². The largest absolute Gasteiger partial charge is 0.455 e. The summed E-state index contributed by atoms with van der Waals surface area (Å²) in [6.45, 7) is 0.0891. The van der Waals surface area contributed by atoms with E-state index in [1.807, 2.05) is 36.4 Å². The van der Waals surface area contributed by atoms with Crippen LogP contribution < -0.4 is 5.32 Å². The van der Waals surface area contributed by atoms with Gasteiger partial charge in [0, 0.05) is 23.8 Å². The van der Waals surface area contributed by atoms with Crippen molar-refractivity contribution in [2.75, 3.05) is 5.32 Å². The van der Waals surface area contributed by atoms with Gasteiger partial charge >= 0.3 is 11.1 Å². The van der Waals surface area contributed by atoms with E-state index in [0.717, 1.165) is 5.56 Å². The number of hydrogen-bond acceptors (Lipinski definition) is 5. The Labute approximate surface area is 177 Å². The van der Waals surface area contributed by atoms with Crippen LogP contribution in [-0.2, 0) is 16.1 Å². The van der Waals surface area contributed by atoms with Crippen molar-refractivity contribution in [2.24, 2.45) is 0 Å². The number of nitrogens with zero attached hydrogens (tertiary/aromatic N) is 2. The van der Waals surface area contributed by atoms with Gasteiger partial charge < -0.3 is 4.74 Å². The maximum Gasteiger partial charge on any atom is 0.379 e. The third-order valence-corrected chi connectivity index (χ3v) is 4.84. The van der Waals surface area contributed by atoms with Crippen molar-refractivity contribution in [3.8, 4) is 0 Å². The van der Waals surface area contributed by atoms with Gasteiger partial charge in [0.1, 0.15) is 6.61 Å². The highest BCUT2D eigenvalue weighted by atomic mass is 32.1. The van der Waals surface area contributed by atoms with Crippen molar-refractivity contribution in [1.82, 2.24) is 0 Å². The number of rotatable bonds is 5. The summed E-state index contributed by atoms with van der Waals surface area (Å²) in [5.41, 5.74) is 2.51. The summed E-state index contributed by atoms with van der Waals surface area (Å²) in [6.07, 6.45) is 0. The van der Waals surface area contributed by atoms with E-state index in [0.29, 0.717) is 16.9 Å². The zero-order valence-corrected chi connectivity index (χ0v) is 16.5. The molecule has 1 aliphatic rings. The predicted octanol–water partition coefficient (Wildman–Crippen LogP) is 4.18. The van der Waals surface area contributed by atoms with Crippen molar-refractivity contribution in [2.45, 2.75) is 6.61 Å². The molecule has 0 spiro atoms.